The maximum absolute atomic E-state index is 13.0. The average Bonchev–Trinajstić information content (AvgIpc) is 2.51. The molecular formula is C16H18F3NO3. The molecule has 0 aliphatic rings. The predicted molar refractivity (Wildman–Crippen MR) is 81.0 cm³/mol. The molecule has 0 unspecified atom stereocenters. The van der Waals surface area contributed by atoms with Crippen molar-refractivity contribution >= 4 is 11.4 Å². The molecule has 0 amide bonds. The normalized spacial score (nSPS) is 12.0. The van der Waals surface area contributed by atoms with Crippen LogP contribution in [0.3, 0.4) is 0 Å². The molecule has 0 aromatic heterocycles. The molecule has 0 fully saturated rings. The number of hydrogen-bond donors (Lipinski definition) is 0. The van der Waals surface area contributed by atoms with Crippen LogP contribution in [0, 0.1) is 11.8 Å². The molecule has 4 nitrogen and oxygen atoms in total. The SMILES string of the molecule is CCOC(C#C/C(=N\c1ccc(OC)cc1)C(F)(F)F)OCC. The molecule has 0 bridgehead atoms. The molecule has 1 rings (SSSR count). The van der Waals surface area contributed by atoms with Crippen LogP contribution in [0.1, 0.15) is 13.8 Å². The summed E-state index contributed by atoms with van der Waals surface area (Å²) >= 11 is 0. The van der Waals surface area contributed by atoms with Crippen molar-refractivity contribution in [2.75, 3.05) is 20.3 Å². The largest absolute Gasteiger partial charge is 0.497 e. The fourth-order valence-corrected chi connectivity index (χ4v) is 1.51. The van der Waals surface area contributed by atoms with Gasteiger partial charge in [-0.15, -0.1) is 0 Å². The first-order chi connectivity index (χ1) is 10.9. The third-order valence-corrected chi connectivity index (χ3v) is 2.53. The van der Waals surface area contributed by atoms with Crippen LogP contribution >= 0.6 is 0 Å². The number of nitrogens with zero attached hydrogens (tertiary/aromatic N) is 1. The van der Waals surface area contributed by atoms with Crippen LogP contribution < -0.4 is 4.74 Å². The van der Waals surface area contributed by atoms with Crippen LogP contribution in [0.25, 0.3) is 0 Å². The molecular weight excluding hydrogens is 311 g/mol. The Kier molecular flexibility index (Phi) is 7.59. The molecule has 0 aliphatic heterocycles. The highest BCUT2D eigenvalue weighted by Gasteiger charge is 2.35. The Morgan fingerprint density at radius 1 is 1.13 bits per heavy atom. The van der Waals surface area contributed by atoms with E-state index in [-0.39, 0.29) is 18.9 Å². The van der Waals surface area contributed by atoms with Gasteiger partial charge in [0.1, 0.15) is 5.75 Å². The summed E-state index contributed by atoms with van der Waals surface area (Å²) in [7, 11) is 1.46. The van der Waals surface area contributed by atoms with Gasteiger partial charge in [-0.1, -0.05) is 0 Å². The molecule has 1 aromatic rings. The summed E-state index contributed by atoms with van der Waals surface area (Å²) in [5.74, 6) is 4.83. The second-order valence-electron chi connectivity index (χ2n) is 4.17. The van der Waals surface area contributed by atoms with E-state index in [4.69, 9.17) is 14.2 Å². The van der Waals surface area contributed by atoms with Crippen LogP contribution in [-0.2, 0) is 9.47 Å². The minimum absolute atomic E-state index is 0.122. The zero-order valence-corrected chi connectivity index (χ0v) is 13.1. The van der Waals surface area contributed by atoms with Crippen molar-refractivity contribution in [2.45, 2.75) is 26.3 Å². The minimum Gasteiger partial charge on any atom is -0.497 e. The lowest BCUT2D eigenvalue weighted by atomic mass is 10.3. The molecule has 7 heteroatoms. The van der Waals surface area contributed by atoms with Gasteiger partial charge in [-0.3, -0.25) is 0 Å². The van der Waals surface area contributed by atoms with E-state index in [9.17, 15) is 13.2 Å². The van der Waals surface area contributed by atoms with Gasteiger partial charge in [-0.2, -0.15) is 13.2 Å². The predicted octanol–water partition coefficient (Wildman–Crippen LogP) is 3.73. The maximum Gasteiger partial charge on any atom is 0.441 e. The highest BCUT2D eigenvalue weighted by atomic mass is 19.4. The van der Waals surface area contributed by atoms with Gasteiger partial charge in [0, 0.05) is 13.2 Å². The summed E-state index contributed by atoms with van der Waals surface area (Å²) in [5, 5.41) is 0. The molecule has 0 saturated heterocycles. The van der Waals surface area contributed by atoms with Gasteiger partial charge in [-0.25, -0.2) is 4.99 Å². The van der Waals surface area contributed by atoms with Gasteiger partial charge >= 0.3 is 6.18 Å². The smallest absolute Gasteiger partial charge is 0.441 e. The van der Waals surface area contributed by atoms with E-state index in [0.29, 0.717) is 5.75 Å². The van der Waals surface area contributed by atoms with Crippen molar-refractivity contribution in [2.24, 2.45) is 4.99 Å². The Morgan fingerprint density at radius 3 is 2.13 bits per heavy atom. The number of hydrogen-bond acceptors (Lipinski definition) is 4. The molecule has 23 heavy (non-hydrogen) atoms. The van der Waals surface area contributed by atoms with E-state index in [2.05, 4.69) is 10.9 Å². The number of benzene rings is 1. The molecule has 0 saturated carbocycles. The fourth-order valence-electron chi connectivity index (χ4n) is 1.51. The number of methoxy groups -OCH3 is 1. The van der Waals surface area contributed by atoms with Gasteiger partial charge in [0.2, 0.25) is 6.29 Å². The highest BCUT2D eigenvalue weighted by molar-refractivity contribution is 6.05. The first kappa shape index (κ1) is 19.0. The second kappa shape index (κ2) is 9.18. The lowest BCUT2D eigenvalue weighted by Crippen LogP contribution is -2.22. The van der Waals surface area contributed by atoms with E-state index in [1.54, 1.807) is 13.8 Å². The first-order valence-electron chi connectivity index (χ1n) is 6.95. The van der Waals surface area contributed by atoms with Gasteiger partial charge in [0.25, 0.3) is 0 Å². The number of rotatable bonds is 6. The van der Waals surface area contributed by atoms with E-state index >= 15 is 0 Å². The molecule has 0 N–H and O–H groups in total. The Balaban J connectivity index is 3.07. The zero-order valence-electron chi connectivity index (χ0n) is 13.1. The number of halogens is 3. The standard InChI is InChI=1S/C16H18F3NO3/c1-4-22-15(23-5-2)11-10-14(16(17,18)19)20-12-6-8-13(21-3)9-7-12/h6-9,15H,4-5H2,1-3H3/b20-14+. The molecule has 0 aliphatic carbocycles. The number of aliphatic imine (C=N–C) groups is 1. The van der Waals surface area contributed by atoms with Gasteiger partial charge in [-0.05, 0) is 50.0 Å². The van der Waals surface area contributed by atoms with Crippen LogP contribution in [0.15, 0.2) is 29.3 Å². The van der Waals surface area contributed by atoms with Crippen LogP contribution in [0.2, 0.25) is 0 Å². The van der Waals surface area contributed by atoms with Crippen molar-refractivity contribution < 1.29 is 27.4 Å². The average molecular weight is 329 g/mol. The Morgan fingerprint density at radius 2 is 1.70 bits per heavy atom. The molecule has 126 valence electrons. The maximum atomic E-state index is 13.0. The van der Waals surface area contributed by atoms with Crippen molar-refractivity contribution in [3.8, 4) is 17.6 Å². The van der Waals surface area contributed by atoms with E-state index < -0.39 is 18.2 Å². The van der Waals surface area contributed by atoms with Gasteiger partial charge in [0.15, 0.2) is 5.71 Å². The zero-order chi connectivity index (χ0) is 17.3. The summed E-state index contributed by atoms with van der Waals surface area (Å²) in [6.07, 6.45) is -5.69. The molecule has 0 radical (unpaired) electrons. The number of alkyl halides is 3. The van der Waals surface area contributed by atoms with Gasteiger partial charge in [0.05, 0.1) is 12.8 Å². The Bertz CT molecular complexity index is 565. The third kappa shape index (κ3) is 6.72. The molecule has 0 spiro atoms. The summed E-state index contributed by atoms with van der Waals surface area (Å²) < 4.78 is 54.2. The summed E-state index contributed by atoms with van der Waals surface area (Å²) in [6, 6.07) is 5.86. The van der Waals surface area contributed by atoms with E-state index in [1.807, 2.05) is 5.92 Å². The molecule has 0 heterocycles. The fraction of sp³-hybridized carbons (Fsp3) is 0.438. The highest BCUT2D eigenvalue weighted by Crippen LogP contribution is 2.23. The molecule has 1 aromatic carbocycles. The second-order valence-corrected chi connectivity index (χ2v) is 4.17. The Labute approximate surface area is 133 Å². The van der Waals surface area contributed by atoms with E-state index in [0.717, 1.165) is 0 Å². The summed E-state index contributed by atoms with van der Waals surface area (Å²) in [5.41, 5.74) is -1.09. The minimum atomic E-state index is -4.67. The van der Waals surface area contributed by atoms with Gasteiger partial charge < -0.3 is 14.2 Å². The number of ether oxygens (including phenoxy) is 3. The van der Waals surface area contributed by atoms with E-state index in [1.165, 1.54) is 31.4 Å². The van der Waals surface area contributed by atoms with Crippen molar-refractivity contribution in [3.05, 3.63) is 24.3 Å². The van der Waals surface area contributed by atoms with Crippen molar-refractivity contribution in [1.82, 2.24) is 0 Å². The van der Waals surface area contributed by atoms with Crippen molar-refractivity contribution in [3.63, 3.8) is 0 Å². The first-order valence-corrected chi connectivity index (χ1v) is 6.95. The monoisotopic (exact) mass is 329 g/mol. The molecule has 0 atom stereocenters. The lowest BCUT2D eigenvalue weighted by Gasteiger charge is -2.10. The van der Waals surface area contributed by atoms with Crippen LogP contribution in [0.5, 0.6) is 5.75 Å². The van der Waals surface area contributed by atoms with Crippen molar-refractivity contribution in [1.29, 1.82) is 0 Å². The van der Waals surface area contributed by atoms with Crippen LogP contribution in [-0.4, -0.2) is 38.5 Å². The lowest BCUT2D eigenvalue weighted by molar-refractivity contribution is -0.0970. The summed E-state index contributed by atoms with van der Waals surface area (Å²) in [4.78, 5) is 3.55. The quantitative estimate of drug-likeness (QED) is 0.453. The topological polar surface area (TPSA) is 40.0 Å². The summed E-state index contributed by atoms with van der Waals surface area (Å²) in [6.45, 7) is 3.94. The Hall–Kier alpha value is -2.04. The third-order valence-electron chi connectivity index (χ3n) is 2.53. The van der Waals surface area contributed by atoms with Crippen LogP contribution in [0.4, 0.5) is 18.9 Å².